The van der Waals surface area contributed by atoms with Crippen LogP contribution in [0.3, 0.4) is 0 Å². The SMILES string of the molecule is Nc1ccc(F)cc1NC(=O)c1cnc(N2CCNCC2)s1. The summed E-state index contributed by atoms with van der Waals surface area (Å²) in [6.45, 7) is 3.54. The minimum Gasteiger partial charge on any atom is -0.397 e. The second-order valence-corrected chi connectivity index (χ2v) is 5.94. The third kappa shape index (κ3) is 3.18. The molecule has 1 aliphatic heterocycles. The number of halogens is 1. The molecule has 4 N–H and O–H groups in total. The van der Waals surface area contributed by atoms with Crippen molar-refractivity contribution in [1.29, 1.82) is 0 Å². The van der Waals surface area contributed by atoms with Crippen molar-refractivity contribution in [3.8, 4) is 0 Å². The fourth-order valence-electron chi connectivity index (χ4n) is 2.19. The van der Waals surface area contributed by atoms with Gasteiger partial charge in [-0.25, -0.2) is 9.37 Å². The Hall–Kier alpha value is -2.19. The van der Waals surface area contributed by atoms with Crippen molar-refractivity contribution in [3.05, 3.63) is 35.1 Å². The number of amides is 1. The number of thiazole rings is 1. The third-order valence-corrected chi connectivity index (χ3v) is 4.43. The van der Waals surface area contributed by atoms with Gasteiger partial charge in [-0.3, -0.25) is 4.79 Å². The predicted octanol–water partition coefficient (Wildman–Crippen LogP) is 1.53. The second-order valence-electron chi connectivity index (χ2n) is 4.93. The van der Waals surface area contributed by atoms with Gasteiger partial charge in [0.15, 0.2) is 5.13 Å². The van der Waals surface area contributed by atoms with Crippen LogP contribution >= 0.6 is 11.3 Å². The number of carbonyl (C=O) groups is 1. The molecular weight excluding hydrogens is 305 g/mol. The normalized spacial score (nSPS) is 14.9. The van der Waals surface area contributed by atoms with E-state index in [9.17, 15) is 9.18 Å². The van der Waals surface area contributed by atoms with Crippen molar-refractivity contribution in [2.24, 2.45) is 0 Å². The zero-order valence-electron chi connectivity index (χ0n) is 11.8. The zero-order valence-corrected chi connectivity index (χ0v) is 12.6. The highest BCUT2D eigenvalue weighted by Crippen LogP contribution is 2.25. The van der Waals surface area contributed by atoms with Gasteiger partial charge < -0.3 is 21.3 Å². The van der Waals surface area contributed by atoms with Crippen molar-refractivity contribution in [3.63, 3.8) is 0 Å². The lowest BCUT2D eigenvalue weighted by Crippen LogP contribution is -2.43. The summed E-state index contributed by atoms with van der Waals surface area (Å²) in [5.41, 5.74) is 6.32. The third-order valence-electron chi connectivity index (χ3n) is 3.37. The van der Waals surface area contributed by atoms with Gasteiger partial charge in [0.05, 0.1) is 17.6 Å². The number of nitrogens with one attached hydrogen (secondary N) is 2. The average Bonchev–Trinajstić information content (AvgIpc) is 3.02. The summed E-state index contributed by atoms with van der Waals surface area (Å²) < 4.78 is 13.2. The molecule has 1 fully saturated rings. The summed E-state index contributed by atoms with van der Waals surface area (Å²) in [7, 11) is 0. The van der Waals surface area contributed by atoms with Crippen LogP contribution in [0.5, 0.6) is 0 Å². The number of anilines is 3. The fraction of sp³-hybridized carbons (Fsp3) is 0.286. The van der Waals surface area contributed by atoms with Crippen LogP contribution in [0, 0.1) is 5.82 Å². The number of hydrogen-bond acceptors (Lipinski definition) is 6. The molecule has 0 unspecified atom stereocenters. The molecular formula is C14H16FN5OS. The van der Waals surface area contributed by atoms with Crippen LogP contribution in [-0.4, -0.2) is 37.1 Å². The van der Waals surface area contributed by atoms with E-state index in [2.05, 4.69) is 20.5 Å². The lowest BCUT2D eigenvalue weighted by molar-refractivity contribution is 0.103. The van der Waals surface area contributed by atoms with E-state index in [1.165, 1.54) is 35.7 Å². The van der Waals surface area contributed by atoms with Crippen molar-refractivity contribution < 1.29 is 9.18 Å². The highest BCUT2D eigenvalue weighted by atomic mass is 32.1. The number of aromatic nitrogens is 1. The largest absolute Gasteiger partial charge is 0.397 e. The first-order chi connectivity index (χ1) is 10.6. The molecule has 2 aromatic rings. The Bertz CT molecular complexity index is 684. The van der Waals surface area contributed by atoms with E-state index in [1.54, 1.807) is 0 Å². The molecule has 0 saturated carbocycles. The molecule has 6 nitrogen and oxygen atoms in total. The zero-order chi connectivity index (χ0) is 15.5. The first-order valence-corrected chi connectivity index (χ1v) is 7.73. The van der Waals surface area contributed by atoms with Crippen molar-refractivity contribution in [2.45, 2.75) is 0 Å². The first-order valence-electron chi connectivity index (χ1n) is 6.91. The van der Waals surface area contributed by atoms with Crippen LogP contribution in [0.25, 0.3) is 0 Å². The van der Waals surface area contributed by atoms with Crippen LogP contribution in [0.1, 0.15) is 9.67 Å². The van der Waals surface area contributed by atoms with Crippen molar-refractivity contribution >= 4 is 33.8 Å². The number of nitrogens with two attached hydrogens (primary N) is 1. The van der Waals surface area contributed by atoms with E-state index in [4.69, 9.17) is 5.73 Å². The van der Waals surface area contributed by atoms with Crippen molar-refractivity contribution in [2.75, 3.05) is 42.1 Å². The van der Waals surface area contributed by atoms with Gasteiger partial charge in [-0.1, -0.05) is 11.3 Å². The first kappa shape index (κ1) is 14.7. The molecule has 1 amide bonds. The maximum atomic E-state index is 13.2. The van der Waals surface area contributed by atoms with Crippen LogP contribution in [0.4, 0.5) is 20.9 Å². The average molecular weight is 321 g/mol. The maximum absolute atomic E-state index is 13.2. The Labute approximate surface area is 131 Å². The van der Waals surface area contributed by atoms with Gasteiger partial charge in [0.25, 0.3) is 5.91 Å². The molecule has 8 heteroatoms. The summed E-state index contributed by atoms with van der Waals surface area (Å²) in [6, 6.07) is 3.87. The van der Waals surface area contributed by atoms with Gasteiger partial charge >= 0.3 is 0 Å². The van der Waals surface area contributed by atoms with Gasteiger partial charge in [-0.2, -0.15) is 0 Å². The van der Waals surface area contributed by atoms with E-state index in [0.717, 1.165) is 31.3 Å². The fourth-order valence-corrected chi connectivity index (χ4v) is 3.06. The minimum atomic E-state index is -0.449. The molecule has 0 atom stereocenters. The number of carbonyl (C=O) groups excluding carboxylic acids is 1. The summed E-state index contributed by atoms with van der Waals surface area (Å²) in [5.74, 6) is -0.786. The molecule has 1 aliphatic rings. The van der Waals surface area contributed by atoms with E-state index >= 15 is 0 Å². The number of nitrogen functional groups attached to an aromatic ring is 1. The molecule has 22 heavy (non-hydrogen) atoms. The maximum Gasteiger partial charge on any atom is 0.267 e. The van der Waals surface area contributed by atoms with Crippen LogP contribution < -0.4 is 21.3 Å². The molecule has 3 rings (SSSR count). The highest BCUT2D eigenvalue weighted by Gasteiger charge is 2.17. The Kier molecular flexibility index (Phi) is 4.21. The minimum absolute atomic E-state index is 0.266. The lowest BCUT2D eigenvalue weighted by atomic mass is 10.2. The van der Waals surface area contributed by atoms with E-state index in [0.29, 0.717) is 10.6 Å². The molecule has 0 spiro atoms. The Balaban J connectivity index is 1.72. The van der Waals surface area contributed by atoms with Gasteiger partial charge in [0, 0.05) is 26.2 Å². The number of benzene rings is 1. The van der Waals surface area contributed by atoms with Crippen LogP contribution in [0.2, 0.25) is 0 Å². The summed E-state index contributed by atoms with van der Waals surface area (Å²) in [6.07, 6.45) is 1.53. The van der Waals surface area contributed by atoms with Crippen LogP contribution in [-0.2, 0) is 0 Å². The highest BCUT2D eigenvalue weighted by molar-refractivity contribution is 7.17. The van der Waals surface area contributed by atoms with E-state index < -0.39 is 5.82 Å². The summed E-state index contributed by atoms with van der Waals surface area (Å²) in [5, 5.41) is 6.70. The lowest BCUT2D eigenvalue weighted by Gasteiger charge is -2.26. The molecule has 1 aromatic heterocycles. The Morgan fingerprint density at radius 2 is 2.18 bits per heavy atom. The monoisotopic (exact) mass is 321 g/mol. The molecule has 0 radical (unpaired) electrons. The number of hydrogen-bond donors (Lipinski definition) is 3. The van der Waals surface area contributed by atoms with E-state index in [-0.39, 0.29) is 11.6 Å². The topological polar surface area (TPSA) is 83.3 Å². The molecule has 1 aromatic carbocycles. The summed E-state index contributed by atoms with van der Waals surface area (Å²) in [4.78, 5) is 19.1. The van der Waals surface area contributed by atoms with Gasteiger partial charge in [0.1, 0.15) is 10.7 Å². The quantitative estimate of drug-likeness (QED) is 0.747. The smallest absolute Gasteiger partial charge is 0.267 e. The molecule has 0 aliphatic carbocycles. The second kappa shape index (κ2) is 6.29. The predicted molar refractivity (Wildman–Crippen MR) is 86.0 cm³/mol. The molecule has 1 saturated heterocycles. The summed E-state index contributed by atoms with van der Waals surface area (Å²) >= 11 is 1.32. The Morgan fingerprint density at radius 1 is 1.41 bits per heavy atom. The standard InChI is InChI=1S/C14H16FN5OS/c15-9-1-2-10(16)11(7-9)19-13(21)12-8-18-14(22-12)20-5-3-17-4-6-20/h1-2,7-8,17H,3-6,16H2,(H,19,21). The van der Waals surface area contributed by atoms with Gasteiger partial charge in [-0.15, -0.1) is 0 Å². The number of nitrogens with zero attached hydrogens (tertiary/aromatic N) is 2. The molecule has 0 bridgehead atoms. The molecule has 2 heterocycles. The van der Waals surface area contributed by atoms with Gasteiger partial charge in [-0.05, 0) is 18.2 Å². The number of rotatable bonds is 3. The van der Waals surface area contributed by atoms with Crippen molar-refractivity contribution in [1.82, 2.24) is 10.3 Å². The Morgan fingerprint density at radius 3 is 2.95 bits per heavy atom. The number of piperazine rings is 1. The molecule has 116 valence electrons. The van der Waals surface area contributed by atoms with Gasteiger partial charge in [0.2, 0.25) is 0 Å². The van der Waals surface area contributed by atoms with E-state index in [1.807, 2.05) is 0 Å². The van der Waals surface area contributed by atoms with Crippen LogP contribution in [0.15, 0.2) is 24.4 Å².